The Morgan fingerprint density at radius 1 is 1.05 bits per heavy atom. The molecule has 0 aromatic carbocycles. The van der Waals surface area contributed by atoms with Gasteiger partial charge in [-0.1, -0.05) is 0 Å². The van der Waals surface area contributed by atoms with Crippen LogP contribution in [0.3, 0.4) is 0 Å². The summed E-state index contributed by atoms with van der Waals surface area (Å²) in [6, 6.07) is 0. The molecule has 8 nitrogen and oxygen atoms in total. The van der Waals surface area contributed by atoms with Crippen LogP contribution in [-0.2, 0) is 14.2 Å². The Labute approximate surface area is 115 Å². The molecule has 0 aliphatic rings. The van der Waals surface area contributed by atoms with E-state index in [9.17, 15) is 27.2 Å². The Kier molecular flexibility index (Phi) is 10.5. The van der Waals surface area contributed by atoms with Gasteiger partial charge >= 0.3 is 44.3 Å². The molecule has 5 N–H and O–H groups in total. The van der Waals surface area contributed by atoms with Gasteiger partial charge in [-0.3, -0.25) is 0 Å². The van der Waals surface area contributed by atoms with Crippen LogP contribution in [0.15, 0.2) is 0 Å². The van der Waals surface area contributed by atoms with Gasteiger partial charge in [0, 0.05) is 0 Å². The fraction of sp³-hybridized carbons (Fsp3) is 0.600. The van der Waals surface area contributed by atoms with Crippen molar-refractivity contribution < 1.29 is 76.9 Å². The zero-order chi connectivity index (χ0) is 15.3. The molecule has 0 amide bonds. The number of halogens is 4. The first-order chi connectivity index (χ1) is 7.74. The van der Waals surface area contributed by atoms with Crippen molar-refractivity contribution in [3.8, 4) is 0 Å². The van der Waals surface area contributed by atoms with E-state index in [0.717, 1.165) is 0 Å². The van der Waals surface area contributed by atoms with Crippen molar-refractivity contribution >= 4 is 19.8 Å². The van der Waals surface area contributed by atoms with E-state index in [0.29, 0.717) is 0 Å². The van der Waals surface area contributed by atoms with Crippen LogP contribution >= 0.6 is 7.82 Å². The number of rotatable bonds is 4. The number of carbonyl (C=O) groups is 2. The predicted octanol–water partition coefficient (Wildman–Crippen LogP) is -3.34. The van der Waals surface area contributed by atoms with Crippen LogP contribution in [0.2, 0.25) is 0 Å². The molecule has 0 saturated heterocycles. The third-order valence-corrected chi connectivity index (χ3v) is 1.22. The van der Waals surface area contributed by atoms with E-state index in [4.69, 9.17) is 29.5 Å². The zero-order valence-corrected chi connectivity index (χ0v) is 9.97. The number of hydrogen-bond donors (Lipinski definition) is 5. The molecule has 0 aromatic heterocycles. The molecule has 0 radical (unpaired) electrons. The topological polar surface area (TPSA) is 152 Å². The number of hydrogen-bond acceptors (Lipinski definition) is 3. The molecule has 14 heteroatoms. The van der Waals surface area contributed by atoms with E-state index >= 15 is 0 Å². The van der Waals surface area contributed by atoms with Gasteiger partial charge in [0.05, 0.1) is 0 Å². The second-order valence-electron chi connectivity index (χ2n) is 2.57. The summed E-state index contributed by atoms with van der Waals surface area (Å²) < 4.78 is 56.7. The summed E-state index contributed by atoms with van der Waals surface area (Å²) in [4.78, 5) is 41.3. The maximum absolute atomic E-state index is 12.6. The zero-order valence-electron chi connectivity index (χ0n) is 10.1. The largest absolute Gasteiger partial charge is 1.00 e. The molecule has 110 valence electrons. The number of carboxylic acids is 2. The van der Waals surface area contributed by atoms with Crippen molar-refractivity contribution in [2.24, 2.45) is 0 Å². The van der Waals surface area contributed by atoms with E-state index in [1.54, 1.807) is 0 Å². The summed E-state index contributed by atoms with van der Waals surface area (Å²) in [5.74, 6) is -5.60. The van der Waals surface area contributed by atoms with Crippen LogP contribution < -0.4 is 18.9 Å². The SMILES string of the molecule is O=C(O)C(F)(C(=O)O)C(F)C(F)F.O=P(O)(O)O.[H-].[Li+]. The van der Waals surface area contributed by atoms with Gasteiger partial charge in [-0.25, -0.2) is 31.7 Å². The van der Waals surface area contributed by atoms with Crippen molar-refractivity contribution in [2.45, 2.75) is 18.3 Å². The maximum Gasteiger partial charge on any atom is 1.00 e. The Bertz CT molecular complexity index is 343. The first-order valence-corrected chi connectivity index (χ1v) is 5.17. The summed E-state index contributed by atoms with van der Waals surface area (Å²) in [6.07, 6.45) is -7.92. The van der Waals surface area contributed by atoms with Gasteiger partial charge in [-0.05, 0) is 0 Å². The smallest absolute Gasteiger partial charge is 1.00 e. The molecule has 0 spiro atoms. The molecule has 0 aliphatic heterocycles. The Hall–Kier alpha value is -0.633. The van der Waals surface area contributed by atoms with Gasteiger partial charge < -0.3 is 26.3 Å². The molecular weight excluding hydrogens is 302 g/mol. The van der Waals surface area contributed by atoms with Crippen molar-refractivity contribution in [3.05, 3.63) is 0 Å². The van der Waals surface area contributed by atoms with Gasteiger partial charge in [0.25, 0.3) is 6.43 Å². The summed E-state index contributed by atoms with van der Waals surface area (Å²) in [5, 5.41) is 15.8. The van der Waals surface area contributed by atoms with Crippen LogP contribution in [0.1, 0.15) is 1.43 Å². The first kappa shape index (κ1) is 23.5. The van der Waals surface area contributed by atoms with E-state index in [1.165, 1.54) is 0 Å². The van der Waals surface area contributed by atoms with Crippen LogP contribution in [0.25, 0.3) is 0 Å². The average Bonchev–Trinajstić information content (AvgIpc) is 2.11. The van der Waals surface area contributed by atoms with Crippen molar-refractivity contribution in [3.63, 3.8) is 0 Å². The minimum absolute atomic E-state index is 0. The second kappa shape index (κ2) is 8.52. The third-order valence-electron chi connectivity index (χ3n) is 1.22. The molecule has 1 atom stereocenters. The van der Waals surface area contributed by atoms with Crippen LogP contribution in [0, 0.1) is 0 Å². The third kappa shape index (κ3) is 8.98. The molecule has 1 unspecified atom stereocenters. The first-order valence-electron chi connectivity index (χ1n) is 3.60. The van der Waals surface area contributed by atoms with Crippen LogP contribution in [-0.4, -0.2) is 55.1 Å². The standard InChI is InChI=1S/C5H4F4O4.Li.H3O4P.H/c6-1(2(7)8)5(9,3(10)11)4(12)13;;1-5(2,3)4;/h1-2H,(H,10,11)(H,12,13);;(H3,1,2,3,4);/q;+1;;-1. The number of carboxylic acid groups (broad SMARTS) is 2. The van der Waals surface area contributed by atoms with Crippen molar-refractivity contribution in [2.75, 3.05) is 0 Å². The van der Waals surface area contributed by atoms with E-state index in [1.807, 2.05) is 0 Å². The average molecular weight is 310 g/mol. The van der Waals surface area contributed by atoms with E-state index in [-0.39, 0.29) is 20.3 Å². The number of phosphoric acid groups is 1. The van der Waals surface area contributed by atoms with Crippen molar-refractivity contribution in [1.29, 1.82) is 0 Å². The normalized spacial score (nSPS) is 12.8. The van der Waals surface area contributed by atoms with Crippen LogP contribution in [0.4, 0.5) is 17.6 Å². The van der Waals surface area contributed by atoms with Crippen molar-refractivity contribution in [1.82, 2.24) is 0 Å². The molecule has 0 aliphatic carbocycles. The Morgan fingerprint density at radius 2 is 1.26 bits per heavy atom. The number of alkyl halides is 4. The van der Waals surface area contributed by atoms with Gasteiger partial charge in [-0.15, -0.1) is 0 Å². The summed E-state index contributed by atoms with van der Waals surface area (Å²) in [5.41, 5.74) is -4.60. The second-order valence-corrected chi connectivity index (χ2v) is 3.60. The summed E-state index contributed by atoms with van der Waals surface area (Å²) in [6.45, 7) is 0. The Balaban J connectivity index is -0.000000158. The van der Waals surface area contributed by atoms with Gasteiger partial charge in [-0.2, -0.15) is 0 Å². The molecule has 0 rings (SSSR count). The minimum Gasteiger partial charge on any atom is -1.00 e. The number of aliphatic carboxylic acids is 2. The molecule has 0 bridgehead atoms. The quantitative estimate of drug-likeness (QED) is 0.156. The fourth-order valence-electron chi connectivity index (χ4n) is 0.501. The van der Waals surface area contributed by atoms with Gasteiger partial charge in [0.15, 0.2) is 0 Å². The molecule has 19 heavy (non-hydrogen) atoms. The minimum atomic E-state index is -4.64. The molecule has 0 aromatic rings. The molecule has 0 heterocycles. The van der Waals surface area contributed by atoms with Crippen LogP contribution in [0.5, 0.6) is 0 Å². The molecule has 0 fully saturated rings. The summed E-state index contributed by atoms with van der Waals surface area (Å²) in [7, 11) is -4.64. The molecule has 0 saturated carbocycles. The monoisotopic (exact) mass is 310 g/mol. The fourth-order valence-corrected chi connectivity index (χ4v) is 0.501. The maximum atomic E-state index is 12.6. The summed E-state index contributed by atoms with van der Waals surface area (Å²) >= 11 is 0. The van der Waals surface area contributed by atoms with Gasteiger partial charge in [0.1, 0.15) is 0 Å². The van der Waals surface area contributed by atoms with Gasteiger partial charge in [0.2, 0.25) is 6.17 Å². The Morgan fingerprint density at radius 3 is 1.32 bits per heavy atom. The van der Waals surface area contributed by atoms with E-state index < -0.39 is 38.0 Å². The van der Waals surface area contributed by atoms with E-state index in [2.05, 4.69) is 0 Å². The molecular formula is C5H8F4LiO8P. The predicted molar refractivity (Wildman–Crippen MR) is 45.4 cm³/mol.